The lowest BCUT2D eigenvalue weighted by Crippen LogP contribution is -2.52. The van der Waals surface area contributed by atoms with Crippen molar-refractivity contribution in [1.82, 2.24) is 24.1 Å². The molecule has 3 aliphatic rings. The molecule has 4 heterocycles. The zero-order valence-corrected chi connectivity index (χ0v) is 26.8. The molecule has 3 aliphatic heterocycles. The third-order valence-corrected chi connectivity index (χ3v) is 11.2. The molecular weight excluding hydrogens is 569 g/mol. The largest absolute Gasteiger partial charge is 0.370 e. The van der Waals surface area contributed by atoms with Gasteiger partial charge in [-0.15, -0.1) is 0 Å². The van der Waals surface area contributed by atoms with Crippen LogP contribution in [0, 0.1) is 19.7 Å². The van der Waals surface area contributed by atoms with Gasteiger partial charge < -0.3 is 14.5 Å². The van der Waals surface area contributed by atoms with Gasteiger partial charge in [0.25, 0.3) is 5.91 Å². The fourth-order valence-electron chi connectivity index (χ4n) is 6.89. The molecule has 2 atom stereocenters. The highest BCUT2D eigenvalue weighted by molar-refractivity contribution is 7.88. The van der Waals surface area contributed by atoms with Crippen molar-refractivity contribution >= 4 is 15.9 Å². The molecule has 0 N–H and O–H groups in total. The highest BCUT2D eigenvalue weighted by Crippen LogP contribution is 2.34. The zero-order valence-electron chi connectivity index (χ0n) is 26.0. The monoisotopic (exact) mass is 615 g/mol. The second-order valence-electron chi connectivity index (χ2n) is 12.6. The number of hydrogen-bond donors (Lipinski definition) is 0. The molecule has 0 saturated carbocycles. The third-order valence-electron chi connectivity index (χ3n) is 9.82. The van der Waals surface area contributed by atoms with Crippen molar-refractivity contribution in [2.24, 2.45) is 0 Å². The minimum atomic E-state index is -3.18. The van der Waals surface area contributed by atoms with Gasteiger partial charge in [0.05, 0.1) is 18.5 Å². The van der Waals surface area contributed by atoms with Crippen LogP contribution in [0.15, 0.2) is 24.5 Å². The molecule has 0 bridgehead atoms. The average Bonchev–Trinajstić information content (AvgIpc) is 3.01. The third kappa shape index (κ3) is 7.61. The van der Waals surface area contributed by atoms with E-state index in [2.05, 4.69) is 14.9 Å². The summed E-state index contributed by atoms with van der Waals surface area (Å²) >= 11 is 0. The number of benzene rings is 1. The molecule has 0 aliphatic carbocycles. The summed E-state index contributed by atoms with van der Waals surface area (Å²) in [6.07, 6.45) is 10.6. The Hall–Kier alpha value is -2.47. The summed E-state index contributed by atoms with van der Waals surface area (Å²) in [5.41, 5.74) is 3.72. The van der Waals surface area contributed by atoms with Crippen molar-refractivity contribution < 1.29 is 22.3 Å². The van der Waals surface area contributed by atoms with E-state index >= 15 is 0 Å². The molecule has 0 radical (unpaired) electrons. The normalized spacial score (nSPS) is 23.2. The fraction of sp³-hybridized carbons (Fsp3) is 0.656. The minimum Gasteiger partial charge on any atom is -0.370 e. The number of amides is 1. The molecular formula is C32H46FN5O4S. The molecule has 236 valence electrons. The molecule has 43 heavy (non-hydrogen) atoms. The van der Waals surface area contributed by atoms with Crippen molar-refractivity contribution in [3.05, 3.63) is 58.4 Å². The van der Waals surface area contributed by atoms with Crippen LogP contribution in [0.1, 0.15) is 90.3 Å². The van der Waals surface area contributed by atoms with Gasteiger partial charge in [-0.3, -0.25) is 4.79 Å². The molecule has 1 aromatic carbocycles. The van der Waals surface area contributed by atoms with E-state index < -0.39 is 10.0 Å². The first-order valence-electron chi connectivity index (χ1n) is 15.7. The van der Waals surface area contributed by atoms with Crippen LogP contribution in [0.25, 0.3) is 0 Å². The Bertz CT molecular complexity index is 1390. The number of nitrogens with zero attached hydrogens (tertiary/aromatic N) is 5. The van der Waals surface area contributed by atoms with Crippen LogP contribution in [0.5, 0.6) is 0 Å². The SMILES string of the molecule is Cc1ccc([C@H]2CCC[C@@H](CCc3ncnc(C(=O)N4CCC(N5CCC(N(C)S(C)(=O)=O)CC5)CC4)c3C)O2)cc1F. The average molecular weight is 616 g/mol. The van der Waals surface area contributed by atoms with Crippen LogP contribution in [-0.4, -0.2) is 96.1 Å². The van der Waals surface area contributed by atoms with Crippen molar-refractivity contribution in [3.8, 4) is 0 Å². The van der Waals surface area contributed by atoms with E-state index in [0.717, 1.165) is 81.3 Å². The number of carbonyl (C=O) groups excluding carboxylic acids is 1. The Kier molecular flexibility index (Phi) is 10.2. The van der Waals surface area contributed by atoms with E-state index in [-0.39, 0.29) is 30.0 Å². The molecule has 3 fully saturated rings. The molecule has 0 spiro atoms. The number of halogens is 1. The number of aromatic nitrogens is 2. The van der Waals surface area contributed by atoms with Gasteiger partial charge in [0, 0.05) is 43.5 Å². The van der Waals surface area contributed by atoms with Crippen LogP contribution < -0.4 is 0 Å². The lowest BCUT2D eigenvalue weighted by atomic mass is 9.95. The fourth-order valence-corrected chi connectivity index (χ4v) is 7.64. The number of carbonyl (C=O) groups is 1. The van der Waals surface area contributed by atoms with E-state index in [1.807, 2.05) is 24.0 Å². The number of sulfonamides is 1. The van der Waals surface area contributed by atoms with Crippen molar-refractivity contribution in [1.29, 1.82) is 0 Å². The molecule has 2 aromatic rings. The topological polar surface area (TPSA) is 95.9 Å². The maximum atomic E-state index is 14.1. The quantitative estimate of drug-likeness (QED) is 0.434. The molecule has 9 nitrogen and oxygen atoms in total. The summed E-state index contributed by atoms with van der Waals surface area (Å²) < 4.78 is 45.8. The number of likely N-dealkylation sites (tertiary alicyclic amines) is 2. The Balaban J connectivity index is 1.12. The highest BCUT2D eigenvalue weighted by Gasteiger charge is 2.33. The molecule has 1 aromatic heterocycles. The standard InChI is InChI=1S/C32H46FN5O4S/c1-22-8-9-24(20-28(22)33)30-7-5-6-27(42-30)10-11-29-23(2)31(35-21-34-29)32(39)38-18-14-26(15-19-38)37-16-12-25(13-17-37)36(3)43(4,40)41/h8-9,20-21,25-27,30H,5-7,10-19H2,1-4H3/t27-,30+/m0/s1. The number of ether oxygens (including phenoxy) is 1. The van der Waals surface area contributed by atoms with E-state index in [0.29, 0.717) is 36.8 Å². The first-order valence-corrected chi connectivity index (χ1v) is 17.5. The molecule has 5 rings (SSSR count). The summed E-state index contributed by atoms with van der Waals surface area (Å²) in [4.78, 5) is 26.8. The Morgan fingerprint density at radius 1 is 1.05 bits per heavy atom. The number of piperidine rings is 2. The van der Waals surface area contributed by atoms with Crippen molar-refractivity contribution in [3.63, 3.8) is 0 Å². The number of rotatable bonds is 8. The summed E-state index contributed by atoms with van der Waals surface area (Å²) in [5.74, 6) is -0.232. The summed E-state index contributed by atoms with van der Waals surface area (Å²) in [7, 11) is -1.50. The van der Waals surface area contributed by atoms with Gasteiger partial charge in [0.2, 0.25) is 10.0 Å². The number of aryl methyl sites for hydroxylation is 2. The molecule has 11 heteroatoms. The van der Waals surface area contributed by atoms with E-state index in [4.69, 9.17) is 4.74 Å². The predicted molar refractivity (Wildman–Crippen MR) is 164 cm³/mol. The first kappa shape index (κ1) is 31.9. The van der Waals surface area contributed by atoms with Crippen LogP contribution in [0.3, 0.4) is 0 Å². The van der Waals surface area contributed by atoms with E-state index in [9.17, 15) is 17.6 Å². The lowest BCUT2D eigenvalue weighted by Gasteiger charge is -2.43. The van der Waals surface area contributed by atoms with Crippen LogP contribution in [0.2, 0.25) is 0 Å². The van der Waals surface area contributed by atoms with Gasteiger partial charge in [-0.2, -0.15) is 0 Å². The van der Waals surface area contributed by atoms with Gasteiger partial charge in [0.15, 0.2) is 0 Å². The van der Waals surface area contributed by atoms with Crippen LogP contribution >= 0.6 is 0 Å². The second kappa shape index (κ2) is 13.7. The maximum absolute atomic E-state index is 14.1. The summed E-state index contributed by atoms with van der Waals surface area (Å²) in [5, 5.41) is 0. The predicted octanol–water partition coefficient (Wildman–Crippen LogP) is 4.44. The molecule has 3 saturated heterocycles. The minimum absolute atomic E-state index is 0.0385. The van der Waals surface area contributed by atoms with Gasteiger partial charge in [-0.05, 0) is 102 Å². The Labute approximate surface area is 255 Å². The maximum Gasteiger partial charge on any atom is 0.272 e. The van der Waals surface area contributed by atoms with Crippen molar-refractivity contribution in [2.75, 3.05) is 39.5 Å². The zero-order chi connectivity index (χ0) is 30.7. The van der Waals surface area contributed by atoms with Gasteiger partial charge >= 0.3 is 0 Å². The summed E-state index contributed by atoms with van der Waals surface area (Å²) in [6.45, 7) is 6.83. The van der Waals surface area contributed by atoms with Crippen LogP contribution in [-0.2, 0) is 21.2 Å². The Morgan fingerprint density at radius 2 is 1.77 bits per heavy atom. The van der Waals surface area contributed by atoms with Gasteiger partial charge in [-0.25, -0.2) is 27.1 Å². The van der Waals surface area contributed by atoms with Crippen molar-refractivity contribution in [2.45, 2.75) is 95.9 Å². The Morgan fingerprint density at radius 3 is 2.44 bits per heavy atom. The van der Waals surface area contributed by atoms with E-state index in [1.165, 1.54) is 16.9 Å². The second-order valence-corrected chi connectivity index (χ2v) is 14.6. The van der Waals surface area contributed by atoms with Gasteiger partial charge in [0.1, 0.15) is 17.8 Å². The molecule has 1 amide bonds. The molecule has 0 unspecified atom stereocenters. The first-order chi connectivity index (χ1) is 20.5. The highest BCUT2D eigenvalue weighted by atomic mass is 32.2. The lowest BCUT2D eigenvalue weighted by molar-refractivity contribution is -0.0548. The van der Waals surface area contributed by atoms with E-state index in [1.54, 1.807) is 20.0 Å². The van der Waals surface area contributed by atoms with Gasteiger partial charge in [-0.1, -0.05) is 12.1 Å². The smallest absolute Gasteiger partial charge is 0.272 e. The summed E-state index contributed by atoms with van der Waals surface area (Å²) in [6, 6.07) is 5.84. The van der Waals surface area contributed by atoms with Crippen LogP contribution in [0.4, 0.5) is 4.39 Å². The number of hydrogen-bond acceptors (Lipinski definition) is 7.